The first-order chi connectivity index (χ1) is 42.6. The van der Waals surface area contributed by atoms with Crippen LogP contribution in [0.5, 0.6) is 0 Å². The first-order valence-corrected chi connectivity index (χ1v) is 28.2. The van der Waals surface area contributed by atoms with Crippen molar-refractivity contribution in [2.75, 3.05) is 52.9 Å². The number of aliphatic hydroxyl groups is 28. The zero-order valence-electron chi connectivity index (χ0n) is 47.0. The van der Waals surface area contributed by atoms with E-state index in [-0.39, 0.29) is 0 Å². The molecule has 8 saturated heterocycles. The number of rotatable bonds is 20. The van der Waals surface area contributed by atoms with E-state index in [1.165, 1.54) is 0 Å². The maximum Gasteiger partial charge on any atom is 0.187 e. The van der Waals surface area contributed by atoms with E-state index in [1.807, 2.05) is 0 Å². The summed E-state index contributed by atoms with van der Waals surface area (Å²) in [6.07, 6.45) is -70.6. The third kappa shape index (κ3) is 16.0. The molecule has 8 fully saturated rings. The molecule has 40 atom stereocenters. The van der Waals surface area contributed by atoms with Crippen LogP contribution in [0.2, 0.25) is 0 Å². The van der Waals surface area contributed by atoms with Crippen LogP contribution in [0.25, 0.3) is 0 Å². The molecule has 42 heteroatoms. The standard InChI is InChI=1S/2C24H42O21/c2*25-1-5-9(29)10(30)15(35)22(40-5)44-19-7(3-27)42-24(17(37)12(19)32)45-20-8(4-28)41-23(16(36)13(20)33)43-18-6(2-26)39-21(38)14(34)11(18)31/h2*5-38H,1-4H2/t2*5-,6-,7-,8-,9-,10+,11-,12-,13-,14-,15-,16-,17-,18-,19-,20-,21+,22-,23-,24-/m11/s1. The van der Waals surface area contributed by atoms with Crippen LogP contribution in [0.1, 0.15) is 0 Å². The minimum absolute atomic E-state index is 0.784. The molecule has 0 aliphatic carbocycles. The zero-order valence-corrected chi connectivity index (χ0v) is 47.0. The summed E-state index contributed by atoms with van der Waals surface area (Å²) in [5, 5.41) is 284. The summed E-state index contributed by atoms with van der Waals surface area (Å²) >= 11 is 0. The van der Waals surface area contributed by atoms with Gasteiger partial charge in [0.2, 0.25) is 0 Å². The summed E-state index contributed by atoms with van der Waals surface area (Å²) in [6, 6.07) is 0. The third-order valence-electron chi connectivity index (χ3n) is 16.4. The third-order valence-corrected chi connectivity index (χ3v) is 16.4. The van der Waals surface area contributed by atoms with Crippen molar-refractivity contribution < 1.29 is 209 Å². The molecule has 0 radical (unpaired) electrons. The Kier molecular flexibility index (Phi) is 27.8. The molecule has 528 valence electrons. The van der Waals surface area contributed by atoms with Crippen LogP contribution in [-0.4, -0.2) is 441 Å². The normalized spacial score (nSPS) is 52.9. The van der Waals surface area contributed by atoms with Gasteiger partial charge >= 0.3 is 0 Å². The Morgan fingerprint density at radius 1 is 0.167 bits per heavy atom. The molecule has 8 aliphatic heterocycles. The fourth-order valence-corrected chi connectivity index (χ4v) is 11.1. The predicted molar refractivity (Wildman–Crippen MR) is 268 cm³/mol. The second-order valence-corrected chi connectivity index (χ2v) is 22.3. The molecule has 8 rings (SSSR count). The van der Waals surface area contributed by atoms with Gasteiger partial charge in [-0.2, -0.15) is 0 Å². The van der Waals surface area contributed by atoms with Crippen molar-refractivity contribution >= 4 is 0 Å². The van der Waals surface area contributed by atoms with Gasteiger partial charge in [-0.15, -0.1) is 0 Å². The largest absolute Gasteiger partial charge is 0.394 e. The number of aliphatic hydroxyl groups excluding tert-OH is 28. The monoisotopic (exact) mass is 1330 g/mol. The van der Waals surface area contributed by atoms with Crippen molar-refractivity contribution in [3.63, 3.8) is 0 Å². The Hall–Kier alpha value is -1.68. The molecule has 0 saturated carbocycles. The molecule has 0 spiro atoms. The Balaban J connectivity index is 0.000000256. The lowest BCUT2D eigenvalue weighted by Gasteiger charge is -2.49. The summed E-state index contributed by atoms with van der Waals surface area (Å²) in [7, 11) is 0. The fraction of sp³-hybridized carbons (Fsp3) is 1.00. The van der Waals surface area contributed by atoms with Gasteiger partial charge in [-0.05, 0) is 0 Å². The highest BCUT2D eigenvalue weighted by Crippen LogP contribution is 2.37. The summed E-state index contributed by atoms with van der Waals surface area (Å²) in [6.45, 7) is -6.77. The van der Waals surface area contributed by atoms with Crippen molar-refractivity contribution in [2.45, 2.75) is 246 Å². The summed E-state index contributed by atoms with van der Waals surface area (Å²) in [5.74, 6) is 0. The number of hydrogen-bond acceptors (Lipinski definition) is 42. The minimum Gasteiger partial charge on any atom is -0.394 e. The number of ether oxygens (including phenoxy) is 14. The van der Waals surface area contributed by atoms with Crippen LogP contribution in [0.4, 0.5) is 0 Å². The summed E-state index contributed by atoms with van der Waals surface area (Å²) in [5.41, 5.74) is 0. The second-order valence-electron chi connectivity index (χ2n) is 22.3. The van der Waals surface area contributed by atoms with E-state index in [1.54, 1.807) is 0 Å². The van der Waals surface area contributed by atoms with Crippen LogP contribution in [-0.2, 0) is 66.3 Å². The molecule has 28 N–H and O–H groups in total. The lowest BCUT2D eigenvalue weighted by molar-refractivity contribution is -0.387. The van der Waals surface area contributed by atoms with Gasteiger partial charge in [0.1, 0.15) is 195 Å². The van der Waals surface area contributed by atoms with Crippen molar-refractivity contribution in [3.8, 4) is 0 Å². The minimum atomic E-state index is -2.02. The Morgan fingerprint density at radius 2 is 0.322 bits per heavy atom. The van der Waals surface area contributed by atoms with Gasteiger partial charge in [0.05, 0.1) is 52.9 Å². The molecule has 0 aromatic rings. The molecular formula is C48H84O42. The van der Waals surface area contributed by atoms with Crippen molar-refractivity contribution in [3.05, 3.63) is 0 Å². The highest BCUT2D eigenvalue weighted by atomic mass is 16.8. The lowest BCUT2D eigenvalue weighted by Crippen LogP contribution is -2.67. The second kappa shape index (κ2) is 33.0. The maximum atomic E-state index is 10.9. The SMILES string of the molecule is OC[C@H]1O[C@H](O[C@H]2[C@H](O)[C@@H](O)[C@@H](O[C@H]3[C@H](O)[C@@H](O)[C@@H](O[C@H]4[C@H](O)[C@@H](O)[C@@H](O)O[C@@H]4CO)O[C@@H]3CO)O[C@@H]2CO)[C@H](O)[C@@H](O)[C@@H]1O.OC[C@H]1O[C@H](O[C@H]2[C@H](O)[C@@H](O)[C@@H](O[C@H]3[C@H](O)[C@@H](O)[C@@H](O[C@H]4[C@H](O)[C@@H](O)[C@@H](O)O[C@@H]4CO)O[C@@H]3CO)O[C@@H]2CO)[C@H](O)[C@@H](O)[C@@H]1O. The van der Waals surface area contributed by atoms with Crippen LogP contribution >= 0.6 is 0 Å². The van der Waals surface area contributed by atoms with Crippen molar-refractivity contribution in [1.82, 2.24) is 0 Å². The van der Waals surface area contributed by atoms with Gasteiger partial charge in [-0.3, -0.25) is 0 Å². The van der Waals surface area contributed by atoms with Crippen molar-refractivity contribution in [2.24, 2.45) is 0 Å². The molecule has 0 amide bonds. The number of hydrogen-bond donors (Lipinski definition) is 28. The fourth-order valence-electron chi connectivity index (χ4n) is 11.1. The van der Waals surface area contributed by atoms with Crippen LogP contribution in [0.15, 0.2) is 0 Å². The average Bonchev–Trinajstić information content (AvgIpc) is 0.819. The van der Waals surface area contributed by atoms with E-state index >= 15 is 0 Å². The molecular weight excluding hydrogens is 1250 g/mol. The Bertz CT molecular complexity index is 1960. The topological polar surface area (TPSA) is 696 Å². The van der Waals surface area contributed by atoms with Crippen LogP contribution in [0.3, 0.4) is 0 Å². The van der Waals surface area contributed by atoms with E-state index in [4.69, 9.17) is 66.3 Å². The average molecular weight is 1330 g/mol. The van der Waals surface area contributed by atoms with E-state index < -0.39 is 299 Å². The Morgan fingerprint density at radius 3 is 0.511 bits per heavy atom. The molecule has 0 aromatic heterocycles. The first-order valence-electron chi connectivity index (χ1n) is 28.2. The van der Waals surface area contributed by atoms with E-state index in [0.29, 0.717) is 0 Å². The van der Waals surface area contributed by atoms with Crippen molar-refractivity contribution in [1.29, 1.82) is 0 Å². The Labute approximate surface area is 507 Å². The maximum absolute atomic E-state index is 10.9. The van der Waals surface area contributed by atoms with E-state index in [0.717, 1.165) is 0 Å². The van der Waals surface area contributed by atoms with Gasteiger partial charge in [-0.25, -0.2) is 0 Å². The summed E-state index contributed by atoms with van der Waals surface area (Å²) < 4.78 is 75.4. The summed E-state index contributed by atoms with van der Waals surface area (Å²) in [4.78, 5) is 0. The smallest absolute Gasteiger partial charge is 0.187 e. The van der Waals surface area contributed by atoms with Crippen LogP contribution < -0.4 is 0 Å². The highest BCUT2D eigenvalue weighted by Gasteiger charge is 2.58. The van der Waals surface area contributed by atoms with Gasteiger partial charge < -0.3 is 209 Å². The van der Waals surface area contributed by atoms with E-state index in [2.05, 4.69) is 0 Å². The van der Waals surface area contributed by atoms with E-state index in [9.17, 15) is 143 Å². The molecule has 90 heavy (non-hydrogen) atoms. The highest BCUT2D eigenvalue weighted by molar-refractivity contribution is 5.01. The van der Waals surface area contributed by atoms with Gasteiger partial charge in [-0.1, -0.05) is 0 Å². The van der Waals surface area contributed by atoms with Gasteiger partial charge in [0.15, 0.2) is 50.3 Å². The molecule has 0 aromatic carbocycles. The van der Waals surface area contributed by atoms with Gasteiger partial charge in [0.25, 0.3) is 0 Å². The predicted octanol–water partition coefficient (Wildman–Crippen LogP) is -19.5. The molecule has 8 aliphatic rings. The van der Waals surface area contributed by atoms with Crippen LogP contribution in [0, 0.1) is 0 Å². The molecule has 0 unspecified atom stereocenters. The molecule has 42 nitrogen and oxygen atoms in total. The molecule has 8 heterocycles. The van der Waals surface area contributed by atoms with Gasteiger partial charge in [0, 0.05) is 0 Å². The first kappa shape index (κ1) is 75.7. The quantitative estimate of drug-likeness (QED) is 0.0538. The zero-order chi connectivity index (χ0) is 66.7. The lowest BCUT2D eigenvalue weighted by atomic mass is 9.95. The molecule has 0 bridgehead atoms.